The predicted octanol–water partition coefficient (Wildman–Crippen LogP) is 1.17. The van der Waals surface area contributed by atoms with Crippen LogP contribution < -0.4 is 0 Å². The number of morpholine rings is 1. The van der Waals surface area contributed by atoms with Crippen LogP contribution in [0.15, 0.2) is 0 Å². The molecule has 0 radical (unpaired) electrons. The van der Waals surface area contributed by atoms with Gasteiger partial charge in [0.2, 0.25) is 5.91 Å². The third kappa shape index (κ3) is 1.69. The molecule has 1 saturated carbocycles. The fourth-order valence-electron chi connectivity index (χ4n) is 2.75. The van der Waals surface area contributed by atoms with E-state index in [-0.39, 0.29) is 11.9 Å². The topological polar surface area (TPSA) is 53.3 Å². The van der Waals surface area contributed by atoms with E-state index in [1.165, 1.54) is 0 Å². The summed E-state index contributed by atoms with van der Waals surface area (Å²) in [6.07, 6.45) is 1.43. The van der Waals surface area contributed by atoms with Crippen molar-refractivity contribution in [1.29, 1.82) is 5.26 Å². The lowest BCUT2D eigenvalue weighted by molar-refractivity contribution is -0.153. The van der Waals surface area contributed by atoms with E-state index in [1.54, 1.807) is 0 Å². The van der Waals surface area contributed by atoms with E-state index >= 15 is 0 Å². The monoisotopic (exact) mass is 222 g/mol. The molecule has 1 amide bonds. The van der Waals surface area contributed by atoms with Gasteiger partial charge in [-0.3, -0.25) is 4.79 Å². The molecular weight excluding hydrogens is 204 g/mol. The second-order valence-electron chi connectivity index (χ2n) is 5.13. The molecule has 1 heterocycles. The van der Waals surface area contributed by atoms with E-state index in [0.29, 0.717) is 38.5 Å². The summed E-state index contributed by atoms with van der Waals surface area (Å²) in [6.45, 7) is 5.86. The highest BCUT2D eigenvalue weighted by molar-refractivity contribution is 5.87. The number of amides is 1. The van der Waals surface area contributed by atoms with Crippen LogP contribution in [0.2, 0.25) is 0 Å². The first-order valence-electron chi connectivity index (χ1n) is 5.89. The maximum Gasteiger partial charge on any atom is 0.243 e. The van der Waals surface area contributed by atoms with Gasteiger partial charge in [0.15, 0.2) is 0 Å². The Hall–Kier alpha value is -1.08. The molecule has 1 saturated heterocycles. The van der Waals surface area contributed by atoms with E-state index < -0.39 is 5.41 Å². The van der Waals surface area contributed by atoms with Gasteiger partial charge >= 0.3 is 0 Å². The molecule has 0 unspecified atom stereocenters. The van der Waals surface area contributed by atoms with Gasteiger partial charge in [-0.1, -0.05) is 6.92 Å². The summed E-state index contributed by atoms with van der Waals surface area (Å²) < 4.78 is 5.30. The molecule has 2 rings (SSSR count). The zero-order valence-corrected chi connectivity index (χ0v) is 9.90. The van der Waals surface area contributed by atoms with Gasteiger partial charge in [-0.25, -0.2) is 0 Å². The van der Waals surface area contributed by atoms with Crippen LogP contribution in [-0.4, -0.2) is 36.6 Å². The maximum absolute atomic E-state index is 12.3. The van der Waals surface area contributed by atoms with Crippen LogP contribution in [-0.2, 0) is 9.53 Å². The van der Waals surface area contributed by atoms with Crippen molar-refractivity contribution in [3.8, 4) is 6.07 Å². The lowest BCUT2D eigenvalue weighted by Crippen LogP contribution is -2.56. The highest BCUT2D eigenvalue weighted by Gasteiger charge is 2.51. The van der Waals surface area contributed by atoms with Crippen molar-refractivity contribution in [2.24, 2.45) is 11.3 Å². The van der Waals surface area contributed by atoms with Gasteiger partial charge in [0.1, 0.15) is 5.41 Å². The molecular formula is C12H18N2O2. The van der Waals surface area contributed by atoms with Gasteiger partial charge in [0, 0.05) is 6.54 Å². The summed E-state index contributed by atoms with van der Waals surface area (Å²) in [5, 5.41) is 9.21. The lowest BCUT2D eigenvalue weighted by Gasteiger charge is -2.45. The molecule has 1 aliphatic carbocycles. The number of carbonyl (C=O) groups is 1. The molecule has 1 aliphatic heterocycles. The Morgan fingerprint density at radius 2 is 2.19 bits per heavy atom. The summed E-state index contributed by atoms with van der Waals surface area (Å²) in [5.41, 5.74) is -0.731. The first kappa shape index (κ1) is 11.4. The molecule has 0 aromatic heterocycles. The number of hydrogen-bond acceptors (Lipinski definition) is 3. The van der Waals surface area contributed by atoms with Crippen molar-refractivity contribution in [3.05, 3.63) is 0 Å². The molecule has 16 heavy (non-hydrogen) atoms. The molecule has 0 aromatic rings. The van der Waals surface area contributed by atoms with Crippen LogP contribution in [0.5, 0.6) is 0 Å². The van der Waals surface area contributed by atoms with Crippen LogP contribution in [0.4, 0.5) is 0 Å². The Labute approximate surface area is 96.2 Å². The number of carbonyl (C=O) groups excluding carboxylic acids is 1. The summed E-state index contributed by atoms with van der Waals surface area (Å²) in [5.74, 6) is 0.517. The van der Waals surface area contributed by atoms with Gasteiger partial charge in [-0.2, -0.15) is 5.26 Å². The van der Waals surface area contributed by atoms with Gasteiger partial charge in [0.25, 0.3) is 0 Å². The summed E-state index contributed by atoms with van der Waals surface area (Å²) in [6, 6.07) is 2.33. The molecule has 4 heteroatoms. The van der Waals surface area contributed by atoms with Gasteiger partial charge < -0.3 is 9.64 Å². The minimum Gasteiger partial charge on any atom is -0.377 e. The predicted molar refractivity (Wildman–Crippen MR) is 58.4 cm³/mol. The van der Waals surface area contributed by atoms with Crippen molar-refractivity contribution >= 4 is 5.91 Å². The molecule has 2 aliphatic rings. The van der Waals surface area contributed by atoms with Crippen molar-refractivity contribution in [2.45, 2.75) is 32.7 Å². The number of rotatable bonds is 1. The van der Waals surface area contributed by atoms with Crippen molar-refractivity contribution in [1.82, 2.24) is 4.90 Å². The second kappa shape index (κ2) is 4.06. The number of nitrogens with zero attached hydrogens (tertiary/aromatic N) is 2. The van der Waals surface area contributed by atoms with Gasteiger partial charge in [-0.05, 0) is 25.7 Å². The molecule has 0 spiro atoms. The number of nitriles is 1. The molecule has 0 bridgehead atoms. The van der Waals surface area contributed by atoms with Gasteiger partial charge in [0.05, 0.1) is 25.3 Å². The second-order valence-corrected chi connectivity index (χ2v) is 5.13. The number of ether oxygens (including phenoxy) is 1. The average molecular weight is 222 g/mol. The van der Waals surface area contributed by atoms with E-state index in [2.05, 4.69) is 13.0 Å². The Morgan fingerprint density at radius 1 is 1.50 bits per heavy atom. The van der Waals surface area contributed by atoms with Crippen LogP contribution in [0, 0.1) is 22.7 Å². The zero-order valence-electron chi connectivity index (χ0n) is 9.90. The summed E-state index contributed by atoms with van der Waals surface area (Å²) >= 11 is 0. The summed E-state index contributed by atoms with van der Waals surface area (Å²) in [7, 11) is 0. The van der Waals surface area contributed by atoms with Crippen LogP contribution >= 0.6 is 0 Å². The average Bonchev–Trinajstić information content (AvgIpc) is 2.24. The van der Waals surface area contributed by atoms with E-state index in [4.69, 9.17) is 4.74 Å². The van der Waals surface area contributed by atoms with E-state index in [1.807, 2.05) is 11.8 Å². The maximum atomic E-state index is 12.3. The van der Waals surface area contributed by atoms with Crippen LogP contribution in [0.3, 0.4) is 0 Å². The Kier molecular flexibility index (Phi) is 2.90. The number of hydrogen-bond donors (Lipinski definition) is 0. The quantitative estimate of drug-likeness (QED) is 0.669. The summed E-state index contributed by atoms with van der Waals surface area (Å²) in [4.78, 5) is 14.2. The third-order valence-electron chi connectivity index (χ3n) is 3.65. The van der Waals surface area contributed by atoms with Gasteiger partial charge in [-0.15, -0.1) is 0 Å². The Balaban J connectivity index is 2.09. The highest BCUT2D eigenvalue weighted by atomic mass is 16.5. The Morgan fingerprint density at radius 3 is 2.69 bits per heavy atom. The standard InChI is InChI=1S/C12H18N2O2/c1-9-5-12(6-9,8-13)11(15)14-3-4-16-7-10(14)2/h9-10H,3-7H2,1-2H3/t9?,10-,12?/m1/s1. The third-order valence-corrected chi connectivity index (χ3v) is 3.65. The normalized spacial score (nSPS) is 38.7. The van der Waals surface area contributed by atoms with E-state index in [9.17, 15) is 10.1 Å². The lowest BCUT2D eigenvalue weighted by atomic mass is 9.62. The zero-order chi connectivity index (χ0) is 11.8. The minimum absolute atomic E-state index is 0.0175. The van der Waals surface area contributed by atoms with Crippen LogP contribution in [0.25, 0.3) is 0 Å². The van der Waals surface area contributed by atoms with Crippen LogP contribution in [0.1, 0.15) is 26.7 Å². The highest BCUT2D eigenvalue weighted by Crippen LogP contribution is 2.46. The smallest absolute Gasteiger partial charge is 0.243 e. The van der Waals surface area contributed by atoms with Crippen molar-refractivity contribution in [2.75, 3.05) is 19.8 Å². The molecule has 88 valence electrons. The molecule has 2 fully saturated rings. The first-order chi connectivity index (χ1) is 7.59. The van der Waals surface area contributed by atoms with Crippen molar-refractivity contribution < 1.29 is 9.53 Å². The Bertz CT molecular complexity index is 328. The fourth-order valence-corrected chi connectivity index (χ4v) is 2.75. The first-order valence-corrected chi connectivity index (χ1v) is 5.89. The minimum atomic E-state index is -0.731. The molecule has 1 atom stereocenters. The van der Waals surface area contributed by atoms with Crippen molar-refractivity contribution in [3.63, 3.8) is 0 Å². The molecule has 4 nitrogen and oxygen atoms in total. The fraction of sp³-hybridized carbons (Fsp3) is 0.833. The molecule has 0 N–H and O–H groups in total. The SMILES string of the molecule is CC1CC(C#N)(C(=O)N2CCOC[C@H]2C)C1. The molecule has 0 aromatic carbocycles. The largest absolute Gasteiger partial charge is 0.377 e. The van der Waals surface area contributed by atoms with E-state index in [0.717, 1.165) is 0 Å².